The van der Waals surface area contributed by atoms with E-state index < -0.39 is 12.0 Å². The van der Waals surface area contributed by atoms with E-state index >= 15 is 0 Å². The van der Waals surface area contributed by atoms with Crippen LogP contribution in [0.15, 0.2) is 89.7 Å². The first-order valence-corrected chi connectivity index (χ1v) is 14.3. The van der Waals surface area contributed by atoms with Crippen LogP contribution in [-0.4, -0.2) is 67.5 Å². The maximum absolute atomic E-state index is 12.3. The standard InChI is InChI=1S/C17H21NO4.C13H9NOSe/c1-18-12-8-9-13(18)15(17(20)21-2)14(10-12)22-16(19)11-6-4-3-5-7-11;15-13-11-8-4-5-9-12(11)16-14(13)10-6-2-1-3-7-10/h3-7,12-15H,8-10H2,1-2H3;1-9H/t12-,13+,14-,15+;/m0./s1. The first kappa shape index (κ1) is 26.2. The van der Waals surface area contributed by atoms with Crippen LogP contribution in [0.1, 0.15) is 29.6 Å². The van der Waals surface area contributed by atoms with Crippen LogP contribution in [0.3, 0.4) is 0 Å². The Labute approximate surface area is 227 Å². The molecule has 2 aliphatic rings. The van der Waals surface area contributed by atoms with Crippen molar-refractivity contribution in [2.45, 2.75) is 37.5 Å². The molecule has 0 saturated carbocycles. The summed E-state index contributed by atoms with van der Waals surface area (Å²) in [7, 11) is 3.42. The number of carbonyl (C=O) groups is 2. The van der Waals surface area contributed by atoms with Crippen LogP contribution in [0.2, 0.25) is 0 Å². The minimum atomic E-state index is -0.408. The summed E-state index contributed by atoms with van der Waals surface area (Å²) in [6, 6.07) is 27.0. The van der Waals surface area contributed by atoms with E-state index in [1.165, 1.54) is 11.4 Å². The molecule has 38 heavy (non-hydrogen) atoms. The third-order valence-electron chi connectivity index (χ3n) is 7.44. The molecule has 4 atom stereocenters. The van der Waals surface area contributed by atoms with E-state index in [1.54, 1.807) is 24.3 Å². The fraction of sp³-hybridized carbons (Fsp3) is 0.300. The molecule has 3 aromatic carbocycles. The van der Waals surface area contributed by atoms with E-state index in [9.17, 15) is 14.4 Å². The summed E-state index contributed by atoms with van der Waals surface area (Å²) in [4.78, 5) is 38.9. The molecule has 0 spiro atoms. The van der Waals surface area contributed by atoms with Gasteiger partial charge in [0.1, 0.15) is 12.0 Å². The van der Waals surface area contributed by atoms with Crippen LogP contribution in [0.5, 0.6) is 0 Å². The van der Waals surface area contributed by atoms with Crippen LogP contribution in [0.25, 0.3) is 15.3 Å². The van der Waals surface area contributed by atoms with Crippen LogP contribution in [-0.2, 0) is 14.3 Å². The quantitative estimate of drug-likeness (QED) is 0.271. The number of para-hydroxylation sites is 1. The van der Waals surface area contributed by atoms with E-state index in [2.05, 4.69) is 4.90 Å². The van der Waals surface area contributed by atoms with Crippen molar-refractivity contribution in [3.05, 3.63) is 101 Å². The van der Waals surface area contributed by atoms with Gasteiger partial charge in [-0.25, -0.2) is 4.79 Å². The number of hydrogen-bond acceptors (Lipinski definition) is 6. The summed E-state index contributed by atoms with van der Waals surface area (Å²) in [5, 5.41) is 0.853. The molecule has 2 aliphatic heterocycles. The number of rotatable bonds is 4. The normalized spacial score (nSPS) is 22.4. The molecule has 3 heterocycles. The molecule has 7 nitrogen and oxygen atoms in total. The molecule has 196 valence electrons. The molecule has 0 unspecified atom stereocenters. The van der Waals surface area contributed by atoms with Crippen molar-refractivity contribution in [3.8, 4) is 5.69 Å². The summed E-state index contributed by atoms with van der Waals surface area (Å²) >= 11 is 0.0784. The number of nitrogens with zero attached hydrogens (tertiary/aromatic N) is 2. The van der Waals surface area contributed by atoms with Gasteiger partial charge in [0.2, 0.25) is 0 Å². The summed E-state index contributed by atoms with van der Waals surface area (Å²) < 4.78 is 13.7. The van der Waals surface area contributed by atoms with Gasteiger partial charge in [-0.2, -0.15) is 0 Å². The Morgan fingerprint density at radius 2 is 1.55 bits per heavy atom. The van der Waals surface area contributed by atoms with Gasteiger partial charge < -0.3 is 9.47 Å². The Morgan fingerprint density at radius 3 is 2.24 bits per heavy atom. The van der Waals surface area contributed by atoms with Crippen molar-refractivity contribution in [1.82, 2.24) is 8.46 Å². The molecule has 1 aromatic heterocycles. The molecular formula is C30H30N2O5Se. The van der Waals surface area contributed by atoms with Crippen molar-refractivity contribution in [3.63, 3.8) is 0 Å². The predicted molar refractivity (Wildman–Crippen MR) is 147 cm³/mol. The molecule has 0 radical (unpaired) electrons. The van der Waals surface area contributed by atoms with Gasteiger partial charge in [-0.3, -0.25) is 9.69 Å². The first-order chi connectivity index (χ1) is 18.5. The average molecular weight is 578 g/mol. The summed E-state index contributed by atoms with van der Waals surface area (Å²) in [6.45, 7) is 0. The van der Waals surface area contributed by atoms with E-state index in [4.69, 9.17) is 9.47 Å². The molecule has 2 bridgehead atoms. The number of aromatic nitrogens is 1. The second-order valence-corrected chi connectivity index (χ2v) is 11.7. The van der Waals surface area contributed by atoms with E-state index in [0.29, 0.717) is 18.0 Å². The molecule has 0 aliphatic carbocycles. The second-order valence-electron chi connectivity index (χ2n) is 9.58. The van der Waals surface area contributed by atoms with Crippen molar-refractivity contribution in [2.24, 2.45) is 5.92 Å². The fourth-order valence-electron chi connectivity index (χ4n) is 5.47. The Kier molecular flexibility index (Phi) is 7.93. The predicted octanol–water partition coefficient (Wildman–Crippen LogP) is 3.92. The number of esters is 2. The second kappa shape index (κ2) is 11.5. The number of benzene rings is 3. The van der Waals surface area contributed by atoms with Crippen LogP contribution in [0, 0.1) is 5.92 Å². The van der Waals surface area contributed by atoms with Crippen molar-refractivity contribution in [2.75, 3.05) is 14.2 Å². The molecule has 2 saturated heterocycles. The monoisotopic (exact) mass is 578 g/mol. The van der Waals surface area contributed by atoms with Crippen molar-refractivity contribution < 1.29 is 19.1 Å². The van der Waals surface area contributed by atoms with Gasteiger partial charge in [0.25, 0.3) is 0 Å². The molecule has 0 N–H and O–H groups in total. The molecule has 6 rings (SSSR count). The van der Waals surface area contributed by atoms with E-state index in [-0.39, 0.29) is 38.3 Å². The Morgan fingerprint density at radius 1 is 0.895 bits per heavy atom. The summed E-state index contributed by atoms with van der Waals surface area (Å²) in [5.74, 6) is -1.06. The zero-order valence-corrected chi connectivity index (χ0v) is 23.1. The van der Waals surface area contributed by atoms with Crippen LogP contribution in [0.4, 0.5) is 0 Å². The number of methoxy groups -OCH3 is 1. The van der Waals surface area contributed by atoms with Gasteiger partial charge in [-0.1, -0.05) is 18.2 Å². The van der Waals surface area contributed by atoms with E-state index in [0.717, 1.165) is 23.9 Å². The topological polar surface area (TPSA) is 77.8 Å². The van der Waals surface area contributed by atoms with Gasteiger partial charge in [0.15, 0.2) is 0 Å². The van der Waals surface area contributed by atoms with Gasteiger partial charge in [0.05, 0.1) is 12.7 Å². The number of fused-ring (bicyclic) bond motifs is 3. The first-order valence-electron chi connectivity index (χ1n) is 12.7. The molecular weight excluding hydrogens is 547 g/mol. The van der Waals surface area contributed by atoms with Gasteiger partial charge >= 0.3 is 111 Å². The number of hydrogen-bond donors (Lipinski definition) is 0. The van der Waals surface area contributed by atoms with Crippen molar-refractivity contribution in [1.29, 1.82) is 0 Å². The third-order valence-corrected chi connectivity index (χ3v) is 9.77. The molecule has 2 fully saturated rings. The van der Waals surface area contributed by atoms with E-state index in [1.807, 2.05) is 71.3 Å². The Hall–Kier alpha value is -3.45. The summed E-state index contributed by atoms with van der Waals surface area (Å²) in [5.41, 5.74) is 1.63. The average Bonchev–Trinajstić information content (AvgIpc) is 3.41. The fourth-order valence-corrected chi connectivity index (χ4v) is 7.57. The number of piperidine rings is 1. The maximum atomic E-state index is 12.3. The zero-order chi connectivity index (χ0) is 26.6. The third kappa shape index (κ3) is 5.25. The number of carbonyl (C=O) groups excluding carboxylic acids is 2. The van der Waals surface area contributed by atoms with Gasteiger partial charge in [0, 0.05) is 18.5 Å². The Bertz CT molecular complexity index is 1470. The van der Waals surface area contributed by atoms with Crippen molar-refractivity contribution >= 4 is 36.3 Å². The summed E-state index contributed by atoms with van der Waals surface area (Å²) in [6.07, 6.45) is 2.26. The SMILES string of the molecule is COC(=O)[C@H]1[C@@H](OC(=O)c2ccccc2)C[C@@H]2CC[C@H]1N2C.O=c1c2ccccc2[se]n1-c1ccccc1. The minimum absolute atomic E-state index is 0.0784. The zero-order valence-electron chi connectivity index (χ0n) is 21.4. The Balaban J connectivity index is 0.000000162. The molecule has 8 heteroatoms. The van der Waals surface area contributed by atoms with Crippen LogP contribution >= 0.6 is 0 Å². The molecule has 0 amide bonds. The molecule has 4 aromatic rings. The number of ether oxygens (including phenoxy) is 2. The van der Waals surface area contributed by atoms with Gasteiger partial charge in [-0.05, 0) is 32.0 Å². The van der Waals surface area contributed by atoms with Crippen LogP contribution < -0.4 is 5.56 Å². The van der Waals surface area contributed by atoms with Gasteiger partial charge in [-0.15, -0.1) is 0 Å².